The number of ether oxygens (including phenoxy) is 1. The Morgan fingerprint density at radius 2 is 1.71 bits per heavy atom. The summed E-state index contributed by atoms with van der Waals surface area (Å²) in [7, 11) is 0. The second kappa shape index (κ2) is 8.19. The van der Waals surface area contributed by atoms with Crippen LogP contribution in [-0.4, -0.2) is 12.5 Å². The monoisotopic (exact) mass is 335 g/mol. The molecule has 1 atom stereocenters. The first-order valence-corrected chi connectivity index (χ1v) is 7.23. The average molecular weight is 335 g/mol. The summed E-state index contributed by atoms with van der Waals surface area (Å²) in [6.07, 6.45) is 2.89. The molecule has 0 aromatic heterocycles. The van der Waals surface area contributed by atoms with Crippen molar-refractivity contribution >= 4 is 12.0 Å². The number of hydrogen-bond acceptors (Lipinski definition) is 2. The van der Waals surface area contributed by atoms with Crippen LogP contribution in [0.1, 0.15) is 24.1 Å². The maximum absolute atomic E-state index is 12.9. The summed E-state index contributed by atoms with van der Waals surface area (Å²) in [5.74, 6) is -0.604. The fourth-order valence-corrected chi connectivity index (χ4v) is 2.03. The van der Waals surface area contributed by atoms with E-state index in [-0.39, 0.29) is 23.5 Å². The van der Waals surface area contributed by atoms with E-state index in [0.29, 0.717) is 5.56 Å². The van der Waals surface area contributed by atoms with Crippen LogP contribution in [0.4, 0.5) is 13.2 Å². The van der Waals surface area contributed by atoms with E-state index in [1.165, 1.54) is 30.3 Å². The second-order valence-corrected chi connectivity index (χ2v) is 5.06. The lowest BCUT2D eigenvalue weighted by Gasteiger charge is -2.12. The van der Waals surface area contributed by atoms with E-state index in [0.717, 1.165) is 5.56 Å². The second-order valence-electron chi connectivity index (χ2n) is 5.06. The van der Waals surface area contributed by atoms with E-state index in [2.05, 4.69) is 10.1 Å². The van der Waals surface area contributed by atoms with Crippen LogP contribution in [0.25, 0.3) is 6.08 Å². The average Bonchev–Trinajstić information content (AvgIpc) is 2.54. The normalized spacial score (nSPS) is 12.4. The van der Waals surface area contributed by atoms with Crippen molar-refractivity contribution in [2.45, 2.75) is 19.6 Å². The first-order valence-electron chi connectivity index (χ1n) is 7.23. The van der Waals surface area contributed by atoms with Crippen LogP contribution >= 0.6 is 0 Å². The zero-order valence-corrected chi connectivity index (χ0v) is 12.9. The molecule has 2 aromatic rings. The highest BCUT2D eigenvalue weighted by Crippen LogP contribution is 2.16. The predicted octanol–water partition coefficient (Wildman–Crippen LogP) is 4.32. The zero-order valence-electron chi connectivity index (χ0n) is 12.9. The quantitative estimate of drug-likeness (QED) is 0.799. The van der Waals surface area contributed by atoms with Gasteiger partial charge < -0.3 is 10.1 Å². The molecule has 1 N–H and O–H groups in total. The van der Waals surface area contributed by atoms with E-state index >= 15 is 0 Å². The molecule has 0 saturated carbocycles. The number of hydrogen-bond donors (Lipinski definition) is 1. The molecule has 0 unspecified atom stereocenters. The van der Waals surface area contributed by atoms with Gasteiger partial charge in [0.25, 0.3) is 0 Å². The van der Waals surface area contributed by atoms with Gasteiger partial charge in [-0.3, -0.25) is 4.79 Å². The van der Waals surface area contributed by atoms with Gasteiger partial charge in [-0.25, -0.2) is 4.39 Å². The maximum atomic E-state index is 12.9. The van der Waals surface area contributed by atoms with E-state index in [4.69, 9.17) is 0 Å². The Hall–Kier alpha value is -2.76. The van der Waals surface area contributed by atoms with Gasteiger partial charge in [0, 0.05) is 6.08 Å². The molecule has 6 heteroatoms. The first-order chi connectivity index (χ1) is 11.4. The lowest BCUT2D eigenvalue weighted by molar-refractivity contribution is -0.117. The standard InChI is InChI=1S/C18H16F3NO2/c1-12(14-5-7-15(19)8-6-14)22-17(23)11-4-13-2-9-16(10-3-13)24-18(20)21/h2-12,18H,1H3,(H,22,23)/b11-4+/t12-/m0/s1. The van der Waals surface area contributed by atoms with Crippen LogP contribution in [0.2, 0.25) is 0 Å². The van der Waals surface area contributed by atoms with Crippen LogP contribution in [0.15, 0.2) is 54.6 Å². The van der Waals surface area contributed by atoms with Gasteiger partial charge in [0.2, 0.25) is 5.91 Å². The highest BCUT2D eigenvalue weighted by atomic mass is 19.3. The minimum absolute atomic E-state index is 0.0523. The van der Waals surface area contributed by atoms with Gasteiger partial charge in [0.1, 0.15) is 11.6 Å². The molecule has 0 spiro atoms. The third-order valence-corrected chi connectivity index (χ3v) is 3.26. The van der Waals surface area contributed by atoms with Gasteiger partial charge in [-0.15, -0.1) is 0 Å². The molecule has 0 bridgehead atoms. The molecule has 0 aliphatic rings. The molecule has 0 fully saturated rings. The SMILES string of the molecule is C[C@H](NC(=O)/C=C/c1ccc(OC(F)F)cc1)c1ccc(F)cc1. The minimum atomic E-state index is -2.87. The minimum Gasteiger partial charge on any atom is -0.435 e. The lowest BCUT2D eigenvalue weighted by Crippen LogP contribution is -2.24. The van der Waals surface area contributed by atoms with Crippen molar-refractivity contribution in [3.05, 3.63) is 71.6 Å². The Morgan fingerprint density at radius 1 is 1.08 bits per heavy atom. The largest absolute Gasteiger partial charge is 0.435 e. The summed E-state index contributed by atoms with van der Waals surface area (Å²) in [4.78, 5) is 11.9. The molecular formula is C18H16F3NO2. The van der Waals surface area contributed by atoms with Crippen LogP contribution in [0, 0.1) is 5.82 Å². The van der Waals surface area contributed by atoms with Crippen molar-refractivity contribution in [2.75, 3.05) is 0 Å². The van der Waals surface area contributed by atoms with Gasteiger partial charge in [0.15, 0.2) is 0 Å². The Bertz CT molecular complexity index is 697. The molecule has 2 rings (SSSR count). The Morgan fingerprint density at radius 3 is 2.29 bits per heavy atom. The number of halogens is 3. The molecule has 1 amide bonds. The van der Waals surface area contributed by atoms with E-state index in [1.807, 2.05) is 0 Å². The van der Waals surface area contributed by atoms with Crippen LogP contribution in [0.5, 0.6) is 5.75 Å². The highest BCUT2D eigenvalue weighted by Gasteiger charge is 2.07. The molecule has 126 valence electrons. The summed E-state index contributed by atoms with van der Waals surface area (Å²) in [5.41, 5.74) is 1.45. The fraction of sp³-hybridized carbons (Fsp3) is 0.167. The number of benzene rings is 2. The van der Waals surface area contributed by atoms with Crippen molar-refractivity contribution in [2.24, 2.45) is 0 Å². The third-order valence-electron chi connectivity index (χ3n) is 3.26. The van der Waals surface area contributed by atoms with Crippen molar-refractivity contribution in [3.8, 4) is 5.75 Å². The Kier molecular flexibility index (Phi) is 6.01. The summed E-state index contributed by atoms with van der Waals surface area (Å²) < 4.78 is 41.2. The molecule has 3 nitrogen and oxygen atoms in total. The molecule has 2 aromatic carbocycles. The number of amides is 1. The smallest absolute Gasteiger partial charge is 0.387 e. The van der Waals surface area contributed by atoms with Gasteiger partial charge >= 0.3 is 6.61 Å². The van der Waals surface area contributed by atoms with E-state index < -0.39 is 6.61 Å². The van der Waals surface area contributed by atoms with E-state index in [9.17, 15) is 18.0 Å². The molecule has 0 heterocycles. The summed E-state index contributed by atoms with van der Waals surface area (Å²) in [5, 5.41) is 2.75. The lowest BCUT2D eigenvalue weighted by atomic mass is 10.1. The maximum Gasteiger partial charge on any atom is 0.387 e. The summed E-state index contributed by atoms with van der Waals surface area (Å²) in [6, 6.07) is 11.5. The number of rotatable bonds is 6. The number of alkyl halides is 2. The van der Waals surface area contributed by atoms with E-state index in [1.54, 1.807) is 37.3 Å². The van der Waals surface area contributed by atoms with Gasteiger partial charge in [-0.1, -0.05) is 24.3 Å². The molecule has 0 aliphatic carbocycles. The summed E-state index contributed by atoms with van der Waals surface area (Å²) >= 11 is 0. The van der Waals surface area contributed by atoms with Gasteiger partial charge in [-0.2, -0.15) is 8.78 Å². The number of carbonyl (C=O) groups is 1. The van der Waals surface area contributed by atoms with Crippen LogP contribution < -0.4 is 10.1 Å². The topological polar surface area (TPSA) is 38.3 Å². The molecule has 0 aliphatic heterocycles. The molecular weight excluding hydrogens is 319 g/mol. The van der Waals surface area contributed by atoms with Crippen molar-refractivity contribution < 1.29 is 22.7 Å². The van der Waals surface area contributed by atoms with Crippen LogP contribution in [-0.2, 0) is 4.79 Å². The molecule has 0 saturated heterocycles. The highest BCUT2D eigenvalue weighted by molar-refractivity contribution is 5.91. The summed E-state index contributed by atoms with van der Waals surface area (Å²) in [6.45, 7) is -1.08. The fourth-order valence-electron chi connectivity index (χ4n) is 2.03. The Balaban J connectivity index is 1.91. The Labute approximate surface area is 137 Å². The van der Waals surface area contributed by atoms with Gasteiger partial charge in [-0.05, 0) is 48.4 Å². The molecule has 24 heavy (non-hydrogen) atoms. The van der Waals surface area contributed by atoms with Crippen molar-refractivity contribution in [1.29, 1.82) is 0 Å². The van der Waals surface area contributed by atoms with Gasteiger partial charge in [0.05, 0.1) is 6.04 Å². The number of nitrogens with one attached hydrogen (secondary N) is 1. The van der Waals surface area contributed by atoms with Crippen LogP contribution in [0.3, 0.4) is 0 Å². The predicted molar refractivity (Wildman–Crippen MR) is 85.1 cm³/mol. The number of carbonyl (C=O) groups excluding carboxylic acids is 1. The van der Waals surface area contributed by atoms with Crippen molar-refractivity contribution in [3.63, 3.8) is 0 Å². The third kappa shape index (κ3) is 5.46. The zero-order chi connectivity index (χ0) is 17.5. The first kappa shape index (κ1) is 17.6. The van der Waals surface area contributed by atoms with Crippen molar-refractivity contribution in [1.82, 2.24) is 5.32 Å². The molecule has 0 radical (unpaired) electrons.